The van der Waals surface area contributed by atoms with E-state index in [0.717, 1.165) is 39.3 Å². The van der Waals surface area contributed by atoms with Crippen molar-refractivity contribution in [1.29, 1.82) is 0 Å². The van der Waals surface area contributed by atoms with Gasteiger partial charge in [-0.05, 0) is 32.6 Å². The molecule has 1 saturated heterocycles. The van der Waals surface area contributed by atoms with Crippen LogP contribution in [0.25, 0.3) is 5.32 Å². The van der Waals surface area contributed by atoms with E-state index in [-0.39, 0.29) is 73.8 Å². The third-order valence-corrected chi connectivity index (χ3v) is 2.05. The number of nitrogens with zero attached hydrogens (tertiary/aromatic N) is 1. The molecule has 1 fully saturated rings. The standard InChI is InChI=1S/C9H20N3.C2H3O.2CH3.3ClH.Ti/c1-4-10-6-2-8-12-9-3-7-11-5-1;1-2-3;;;;;;/h10-11H,1-9H2;1H3;2*1H3;3*1H;/q4*-1;;;;+4. The van der Waals surface area contributed by atoms with E-state index in [1.54, 1.807) is 0 Å². The third kappa shape index (κ3) is 44.9. The molecule has 8 heteroatoms. The minimum absolute atomic E-state index is 0. The molecular weight excluding hydrogens is 368 g/mol. The summed E-state index contributed by atoms with van der Waals surface area (Å²) in [6, 6.07) is 0. The molecule has 1 rings (SSSR count). The van der Waals surface area contributed by atoms with Gasteiger partial charge in [0.05, 0.1) is 0 Å². The molecule has 0 aliphatic carbocycles. The molecule has 21 heavy (non-hydrogen) atoms. The maximum atomic E-state index is 8.68. The van der Waals surface area contributed by atoms with Crippen molar-refractivity contribution in [2.75, 3.05) is 39.3 Å². The second-order valence-corrected chi connectivity index (χ2v) is 3.44. The van der Waals surface area contributed by atoms with E-state index in [1.165, 1.54) is 32.5 Å². The molecule has 0 spiro atoms. The van der Waals surface area contributed by atoms with Gasteiger partial charge in [0.1, 0.15) is 0 Å². The Balaban J connectivity index is -0.0000000404. The number of carbonyl (C=O) groups excluding carboxylic acids is 1. The van der Waals surface area contributed by atoms with Crippen molar-refractivity contribution >= 4 is 43.5 Å². The van der Waals surface area contributed by atoms with Crippen LogP contribution in [0.15, 0.2) is 0 Å². The number of rotatable bonds is 0. The second kappa shape index (κ2) is 42.9. The topological polar surface area (TPSA) is 55.2 Å². The van der Waals surface area contributed by atoms with E-state index in [0.29, 0.717) is 0 Å². The van der Waals surface area contributed by atoms with Crippen LogP contribution in [0.3, 0.4) is 0 Å². The first kappa shape index (κ1) is 43.2. The molecule has 0 unspecified atom stereocenters. The monoisotopic (exact) mass is 399 g/mol. The van der Waals surface area contributed by atoms with Gasteiger partial charge in [0.15, 0.2) is 0 Å². The molecule has 0 bridgehead atoms. The smallest absolute Gasteiger partial charge is 0.662 e. The summed E-state index contributed by atoms with van der Waals surface area (Å²) < 4.78 is 0. The van der Waals surface area contributed by atoms with Gasteiger partial charge in [-0.3, -0.25) is 6.29 Å². The Morgan fingerprint density at radius 1 is 0.810 bits per heavy atom. The Morgan fingerprint density at radius 2 is 1.10 bits per heavy atom. The fourth-order valence-electron chi connectivity index (χ4n) is 1.33. The van der Waals surface area contributed by atoms with Crippen molar-refractivity contribution in [1.82, 2.24) is 10.6 Å². The fraction of sp³-hybridized carbons (Fsp3) is 0.769. The van der Waals surface area contributed by atoms with Crippen LogP contribution < -0.4 is 10.6 Å². The molecule has 130 valence electrons. The van der Waals surface area contributed by atoms with Crippen LogP contribution >= 0.6 is 37.2 Å². The van der Waals surface area contributed by atoms with Crippen molar-refractivity contribution in [3.8, 4) is 0 Å². The Kier molecular flexibility index (Phi) is 88.1. The van der Waals surface area contributed by atoms with E-state index >= 15 is 0 Å². The van der Waals surface area contributed by atoms with Crippen LogP contribution in [0.4, 0.5) is 0 Å². The minimum atomic E-state index is 0. The second-order valence-electron chi connectivity index (χ2n) is 3.44. The van der Waals surface area contributed by atoms with Gasteiger partial charge < -0.3 is 35.6 Å². The average Bonchev–Trinajstić information content (AvgIpc) is 2.19. The Bertz CT molecular complexity index is 107. The quantitative estimate of drug-likeness (QED) is 0.485. The maximum absolute atomic E-state index is 8.68. The molecule has 4 nitrogen and oxygen atoms in total. The van der Waals surface area contributed by atoms with Crippen LogP contribution in [0, 0.1) is 14.9 Å². The van der Waals surface area contributed by atoms with E-state index < -0.39 is 0 Å². The van der Waals surface area contributed by atoms with Crippen LogP contribution in [-0.4, -0.2) is 45.6 Å². The predicted octanol–water partition coefficient (Wildman–Crippen LogP) is 3.00. The van der Waals surface area contributed by atoms with Gasteiger partial charge in [0.2, 0.25) is 0 Å². The summed E-state index contributed by atoms with van der Waals surface area (Å²) in [6.45, 7) is 7.94. The first-order valence-electron chi connectivity index (χ1n) is 5.75. The predicted molar refractivity (Wildman–Crippen MR) is 98.6 cm³/mol. The molecule has 1 aliphatic rings. The largest absolute Gasteiger partial charge is 4.00 e. The SMILES string of the molecule is C1C[N-]CCCNCCCNC1.C[C-]=O.Cl.Cl.Cl.[CH3-].[CH3-].[Ti+4]. The summed E-state index contributed by atoms with van der Waals surface area (Å²) >= 11 is 0. The molecule has 0 aromatic carbocycles. The number of halogens is 3. The van der Waals surface area contributed by atoms with Crippen molar-refractivity contribution in [2.45, 2.75) is 26.2 Å². The summed E-state index contributed by atoms with van der Waals surface area (Å²) in [4.78, 5) is 8.68. The minimum Gasteiger partial charge on any atom is -0.662 e. The van der Waals surface area contributed by atoms with E-state index in [1.807, 2.05) is 0 Å². The number of nitrogens with one attached hydrogen (secondary N) is 2. The van der Waals surface area contributed by atoms with E-state index in [9.17, 15) is 0 Å². The van der Waals surface area contributed by atoms with Crippen molar-refractivity contribution in [3.63, 3.8) is 0 Å². The molecule has 1 aliphatic heterocycles. The summed E-state index contributed by atoms with van der Waals surface area (Å²) in [5, 5.41) is 11.2. The van der Waals surface area contributed by atoms with Gasteiger partial charge in [-0.1, -0.05) is 12.8 Å². The third-order valence-electron chi connectivity index (χ3n) is 2.05. The average molecular weight is 401 g/mol. The summed E-state index contributed by atoms with van der Waals surface area (Å²) in [5.41, 5.74) is 0. The molecule has 0 aromatic heterocycles. The van der Waals surface area contributed by atoms with Gasteiger partial charge in [0.25, 0.3) is 0 Å². The zero-order valence-corrected chi connectivity index (χ0v) is 17.5. The summed E-state index contributed by atoms with van der Waals surface area (Å²) in [5.74, 6) is 0. The van der Waals surface area contributed by atoms with Gasteiger partial charge in [-0.25, -0.2) is 0 Å². The van der Waals surface area contributed by atoms with Crippen LogP contribution in [0.5, 0.6) is 0 Å². The van der Waals surface area contributed by atoms with E-state index in [4.69, 9.17) is 4.79 Å². The van der Waals surface area contributed by atoms with Crippen LogP contribution in [0.1, 0.15) is 26.2 Å². The normalized spacial score (nSPS) is 14.3. The van der Waals surface area contributed by atoms with Crippen LogP contribution in [-0.2, 0) is 26.5 Å². The number of hydrogen-bond acceptors (Lipinski definition) is 3. The number of hydrogen-bond donors (Lipinski definition) is 2. The molecule has 0 atom stereocenters. The maximum Gasteiger partial charge on any atom is 4.00 e. The van der Waals surface area contributed by atoms with Crippen molar-refractivity contribution in [3.05, 3.63) is 20.2 Å². The van der Waals surface area contributed by atoms with Gasteiger partial charge in [0, 0.05) is 0 Å². The fourth-order valence-corrected chi connectivity index (χ4v) is 1.33. The Morgan fingerprint density at radius 3 is 1.43 bits per heavy atom. The van der Waals surface area contributed by atoms with Gasteiger partial charge in [-0.2, -0.15) is 6.92 Å². The zero-order chi connectivity index (χ0) is 11.2. The Hall–Kier alpha value is 1.13. The van der Waals surface area contributed by atoms with E-state index in [2.05, 4.69) is 16.0 Å². The van der Waals surface area contributed by atoms with Crippen molar-refractivity contribution in [2.24, 2.45) is 0 Å². The molecule has 0 saturated carbocycles. The molecule has 0 aromatic rings. The molecule has 0 amide bonds. The first-order valence-corrected chi connectivity index (χ1v) is 5.75. The molecule has 2 N–H and O–H groups in total. The Labute approximate surface area is 165 Å². The summed E-state index contributed by atoms with van der Waals surface area (Å²) in [7, 11) is 0. The van der Waals surface area contributed by atoms with Crippen molar-refractivity contribution < 1.29 is 26.5 Å². The zero-order valence-electron chi connectivity index (χ0n) is 13.4. The summed E-state index contributed by atoms with van der Waals surface area (Å²) in [6.07, 6.45) is 5.15. The van der Waals surface area contributed by atoms with Gasteiger partial charge in [-0.15, -0.1) is 50.3 Å². The van der Waals surface area contributed by atoms with Crippen LogP contribution in [0.2, 0.25) is 0 Å². The molecular formula is C13H32Cl3N3OTi. The molecule has 1 heterocycles. The van der Waals surface area contributed by atoms with Gasteiger partial charge >= 0.3 is 21.7 Å². The first-order chi connectivity index (χ1) is 7.41. The molecule has 0 radical (unpaired) electrons.